The van der Waals surface area contributed by atoms with E-state index in [2.05, 4.69) is 9.97 Å². The third-order valence-corrected chi connectivity index (χ3v) is 6.07. The fourth-order valence-corrected chi connectivity index (χ4v) is 4.42. The number of aromatic nitrogens is 3. The summed E-state index contributed by atoms with van der Waals surface area (Å²) in [5.74, 6) is 1.51. The molecular formula is C20H22N4OS. The molecule has 0 aromatic carbocycles. The van der Waals surface area contributed by atoms with Crippen LogP contribution in [0.3, 0.4) is 0 Å². The Morgan fingerprint density at radius 1 is 1.27 bits per heavy atom. The van der Waals surface area contributed by atoms with E-state index in [0.717, 1.165) is 44.3 Å². The van der Waals surface area contributed by atoms with Crippen LogP contribution in [-0.2, 0) is 6.42 Å². The molecule has 3 heterocycles. The normalized spacial score (nSPS) is 14.0. The van der Waals surface area contributed by atoms with Crippen molar-refractivity contribution in [1.82, 2.24) is 19.9 Å². The summed E-state index contributed by atoms with van der Waals surface area (Å²) in [4.78, 5) is 30.2. The molecule has 6 heteroatoms. The first-order valence-electron chi connectivity index (χ1n) is 8.97. The Hall–Kier alpha value is -2.34. The first-order chi connectivity index (χ1) is 12.5. The molecule has 134 valence electrons. The van der Waals surface area contributed by atoms with E-state index in [-0.39, 0.29) is 5.91 Å². The molecule has 1 fully saturated rings. The molecule has 1 amide bonds. The van der Waals surface area contributed by atoms with Gasteiger partial charge in [-0.15, -0.1) is 11.3 Å². The number of thiophene rings is 1. The topological polar surface area (TPSA) is 59.0 Å². The van der Waals surface area contributed by atoms with E-state index in [9.17, 15) is 4.79 Å². The zero-order valence-electron chi connectivity index (χ0n) is 15.3. The number of carbonyl (C=O) groups is 1. The van der Waals surface area contributed by atoms with Crippen molar-refractivity contribution < 1.29 is 4.79 Å². The molecule has 1 aliphatic carbocycles. The lowest BCUT2D eigenvalue weighted by Gasteiger charge is -2.16. The van der Waals surface area contributed by atoms with Crippen LogP contribution in [0.1, 0.15) is 51.2 Å². The Kier molecular flexibility index (Phi) is 4.44. The van der Waals surface area contributed by atoms with Crippen molar-refractivity contribution >= 4 is 27.5 Å². The van der Waals surface area contributed by atoms with Crippen molar-refractivity contribution in [3.63, 3.8) is 0 Å². The molecule has 3 aromatic rings. The van der Waals surface area contributed by atoms with Crippen LogP contribution in [0.15, 0.2) is 24.4 Å². The number of rotatable bonds is 5. The summed E-state index contributed by atoms with van der Waals surface area (Å²) >= 11 is 1.50. The second-order valence-electron chi connectivity index (χ2n) is 6.98. The monoisotopic (exact) mass is 366 g/mol. The maximum absolute atomic E-state index is 13.0. The van der Waals surface area contributed by atoms with Gasteiger partial charge in [-0.1, -0.05) is 6.07 Å². The number of nitrogens with zero attached hydrogens (tertiary/aromatic N) is 4. The average molecular weight is 366 g/mol. The molecule has 0 aliphatic heterocycles. The van der Waals surface area contributed by atoms with Crippen LogP contribution < -0.4 is 0 Å². The van der Waals surface area contributed by atoms with Crippen LogP contribution in [0.4, 0.5) is 0 Å². The first-order valence-corrected chi connectivity index (χ1v) is 9.79. The molecular weight excluding hydrogens is 344 g/mol. The minimum atomic E-state index is 0.0498. The van der Waals surface area contributed by atoms with E-state index in [4.69, 9.17) is 4.98 Å². The predicted octanol–water partition coefficient (Wildman–Crippen LogP) is 3.90. The van der Waals surface area contributed by atoms with Crippen LogP contribution in [0.5, 0.6) is 0 Å². The molecule has 1 saturated carbocycles. The number of amides is 1. The third kappa shape index (κ3) is 3.21. The van der Waals surface area contributed by atoms with Gasteiger partial charge in [0.1, 0.15) is 10.7 Å². The molecule has 1 aliphatic rings. The van der Waals surface area contributed by atoms with E-state index >= 15 is 0 Å². The van der Waals surface area contributed by atoms with Crippen LogP contribution >= 0.6 is 11.3 Å². The number of carbonyl (C=O) groups excluding carboxylic acids is 1. The van der Waals surface area contributed by atoms with Crippen LogP contribution in [0.2, 0.25) is 0 Å². The number of hydrogen-bond donors (Lipinski definition) is 0. The lowest BCUT2D eigenvalue weighted by Crippen LogP contribution is -2.28. The van der Waals surface area contributed by atoms with E-state index in [1.165, 1.54) is 24.2 Å². The van der Waals surface area contributed by atoms with Gasteiger partial charge in [0.15, 0.2) is 0 Å². The van der Waals surface area contributed by atoms with Gasteiger partial charge in [0.05, 0.1) is 10.6 Å². The minimum Gasteiger partial charge on any atom is -0.341 e. The van der Waals surface area contributed by atoms with Gasteiger partial charge in [0.25, 0.3) is 5.91 Å². The quantitative estimate of drug-likeness (QED) is 0.687. The summed E-state index contributed by atoms with van der Waals surface area (Å²) in [7, 11) is 1.85. The van der Waals surface area contributed by atoms with Gasteiger partial charge in [-0.25, -0.2) is 9.97 Å². The van der Waals surface area contributed by atoms with Gasteiger partial charge < -0.3 is 4.90 Å². The molecule has 0 radical (unpaired) electrons. The lowest BCUT2D eigenvalue weighted by molar-refractivity contribution is 0.0800. The average Bonchev–Trinajstić information content (AvgIpc) is 3.44. The molecule has 5 nitrogen and oxygen atoms in total. The SMILES string of the molecule is Cc1nc(C2CC2)nc2sc(C(=O)N(C)CCc3ccccn3)c(C)c12. The molecule has 0 saturated heterocycles. The third-order valence-electron chi connectivity index (χ3n) is 4.90. The lowest BCUT2D eigenvalue weighted by atomic mass is 10.1. The summed E-state index contributed by atoms with van der Waals surface area (Å²) < 4.78 is 0. The molecule has 0 bridgehead atoms. The molecule has 26 heavy (non-hydrogen) atoms. The summed E-state index contributed by atoms with van der Waals surface area (Å²) in [5.41, 5.74) is 2.98. The van der Waals surface area contributed by atoms with Crippen molar-refractivity contribution in [2.75, 3.05) is 13.6 Å². The summed E-state index contributed by atoms with van der Waals surface area (Å²) in [6, 6.07) is 5.86. The minimum absolute atomic E-state index is 0.0498. The fraction of sp³-hybridized carbons (Fsp3) is 0.400. The van der Waals surface area contributed by atoms with Gasteiger partial charge in [-0.3, -0.25) is 9.78 Å². The second kappa shape index (κ2) is 6.76. The highest BCUT2D eigenvalue weighted by molar-refractivity contribution is 7.20. The van der Waals surface area contributed by atoms with E-state index in [1.807, 2.05) is 39.1 Å². The highest BCUT2D eigenvalue weighted by atomic mass is 32.1. The van der Waals surface area contributed by atoms with Crippen LogP contribution in [-0.4, -0.2) is 39.4 Å². The van der Waals surface area contributed by atoms with Gasteiger partial charge in [0, 0.05) is 43.2 Å². The highest BCUT2D eigenvalue weighted by Gasteiger charge is 2.29. The van der Waals surface area contributed by atoms with Crippen molar-refractivity contribution in [2.24, 2.45) is 0 Å². The molecule has 0 unspecified atom stereocenters. The zero-order chi connectivity index (χ0) is 18.3. The van der Waals surface area contributed by atoms with Crippen molar-refractivity contribution in [2.45, 2.75) is 39.0 Å². The first kappa shape index (κ1) is 17.1. The number of pyridine rings is 1. The van der Waals surface area contributed by atoms with Crippen molar-refractivity contribution in [1.29, 1.82) is 0 Å². The maximum atomic E-state index is 13.0. The zero-order valence-corrected chi connectivity index (χ0v) is 16.1. The van der Waals surface area contributed by atoms with Gasteiger partial charge in [-0.2, -0.15) is 0 Å². The molecule has 3 aromatic heterocycles. The largest absolute Gasteiger partial charge is 0.341 e. The van der Waals surface area contributed by atoms with E-state index in [0.29, 0.717) is 12.5 Å². The summed E-state index contributed by atoms with van der Waals surface area (Å²) in [6.45, 7) is 4.67. The predicted molar refractivity (Wildman–Crippen MR) is 104 cm³/mol. The number of likely N-dealkylation sites (N-methyl/N-ethyl adjacent to an activating group) is 1. The molecule has 0 atom stereocenters. The number of hydrogen-bond acceptors (Lipinski definition) is 5. The summed E-state index contributed by atoms with van der Waals surface area (Å²) in [6.07, 6.45) is 4.89. The van der Waals surface area contributed by atoms with E-state index in [1.54, 1.807) is 11.1 Å². The Morgan fingerprint density at radius 2 is 2.08 bits per heavy atom. The number of fused-ring (bicyclic) bond motifs is 1. The Bertz CT molecular complexity index is 963. The second-order valence-corrected chi connectivity index (χ2v) is 7.97. The summed E-state index contributed by atoms with van der Waals surface area (Å²) in [5, 5.41) is 1.04. The maximum Gasteiger partial charge on any atom is 0.264 e. The molecule has 0 N–H and O–H groups in total. The van der Waals surface area contributed by atoms with Crippen molar-refractivity contribution in [3.8, 4) is 0 Å². The van der Waals surface area contributed by atoms with Gasteiger partial charge >= 0.3 is 0 Å². The van der Waals surface area contributed by atoms with Crippen LogP contribution in [0.25, 0.3) is 10.2 Å². The highest BCUT2D eigenvalue weighted by Crippen LogP contribution is 2.40. The van der Waals surface area contributed by atoms with Crippen molar-refractivity contribution in [3.05, 3.63) is 52.0 Å². The standard InChI is InChI=1S/C20H22N4OS/c1-12-16-13(2)22-18(14-7-8-14)23-19(16)26-17(12)20(25)24(3)11-9-15-6-4-5-10-21-15/h4-6,10,14H,7-9,11H2,1-3H3. The molecule has 0 spiro atoms. The van der Waals surface area contributed by atoms with Gasteiger partial charge in [0.2, 0.25) is 0 Å². The van der Waals surface area contributed by atoms with Gasteiger partial charge in [-0.05, 0) is 44.4 Å². The number of aryl methyl sites for hydroxylation is 2. The fourth-order valence-electron chi connectivity index (χ4n) is 3.19. The Morgan fingerprint density at radius 3 is 2.77 bits per heavy atom. The van der Waals surface area contributed by atoms with Crippen LogP contribution in [0, 0.1) is 13.8 Å². The Labute approximate surface area is 157 Å². The van der Waals surface area contributed by atoms with E-state index < -0.39 is 0 Å². The smallest absolute Gasteiger partial charge is 0.264 e. The molecule has 4 rings (SSSR count). The Balaban J connectivity index is 1.58.